The minimum atomic E-state index is -0.845. The van der Waals surface area contributed by atoms with E-state index in [1.54, 1.807) is 48.5 Å². The predicted molar refractivity (Wildman–Crippen MR) is 110 cm³/mol. The van der Waals surface area contributed by atoms with Gasteiger partial charge in [-0.3, -0.25) is 14.9 Å². The average molecular weight is 420 g/mol. The van der Waals surface area contributed by atoms with Gasteiger partial charge in [0, 0.05) is 11.1 Å². The quantitative estimate of drug-likeness (QED) is 0.449. The van der Waals surface area contributed by atoms with Crippen LogP contribution < -0.4 is 10.6 Å². The first-order chi connectivity index (χ1) is 14.9. The van der Waals surface area contributed by atoms with E-state index in [4.69, 9.17) is 9.15 Å². The lowest BCUT2D eigenvalue weighted by Gasteiger charge is -2.10. The van der Waals surface area contributed by atoms with E-state index in [9.17, 15) is 19.2 Å². The number of hydrogen-bond donors (Lipinski definition) is 2. The SMILES string of the molecule is Cc1ccc(C(=O)c2ccccc2C(=O)OCC(=O)NC(=O)NCc2ccco2)cc1. The second-order valence-electron chi connectivity index (χ2n) is 6.63. The van der Waals surface area contributed by atoms with Crippen LogP contribution in [0.2, 0.25) is 0 Å². The van der Waals surface area contributed by atoms with Gasteiger partial charge in [-0.2, -0.15) is 0 Å². The van der Waals surface area contributed by atoms with E-state index < -0.39 is 24.5 Å². The maximum absolute atomic E-state index is 12.8. The molecule has 0 saturated heterocycles. The number of aryl methyl sites for hydroxylation is 1. The van der Waals surface area contributed by atoms with Gasteiger partial charge in [0.25, 0.3) is 5.91 Å². The lowest BCUT2D eigenvalue weighted by atomic mass is 9.98. The number of urea groups is 1. The summed E-state index contributed by atoms with van der Waals surface area (Å²) in [7, 11) is 0. The highest BCUT2D eigenvalue weighted by Gasteiger charge is 2.20. The van der Waals surface area contributed by atoms with Gasteiger partial charge >= 0.3 is 12.0 Å². The molecule has 3 aromatic rings. The fourth-order valence-corrected chi connectivity index (χ4v) is 2.72. The number of benzene rings is 2. The highest BCUT2D eigenvalue weighted by atomic mass is 16.5. The molecule has 0 spiro atoms. The molecular weight excluding hydrogens is 400 g/mol. The Morgan fingerprint density at radius 2 is 1.61 bits per heavy atom. The number of imide groups is 1. The molecule has 8 heteroatoms. The zero-order chi connectivity index (χ0) is 22.2. The Morgan fingerprint density at radius 3 is 2.29 bits per heavy atom. The number of carbonyl (C=O) groups is 4. The van der Waals surface area contributed by atoms with Gasteiger partial charge in [-0.15, -0.1) is 0 Å². The maximum Gasteiger partial charge on any atom is 0.339 e. The predicted octanol–water partition coefficient (Wildman–Crippen LogP) is 3.00. The largest absolute Gasteiger partial charge is 0.467 e. The molecule has 0 atom stereocenters. The minimum Gasteiger partial charge on any atom is -0.467 e. The molecule has 0 saturated carbocycles. The zero-order valence-corrected chi connectivity index (χ0v) is 16.7. The molecular formula is C23H20N2O6. The first-order valence-electron chi connectivity index (χ1n) is 9.41. The smallest absolute Gasteiger partial charge is 0.339 e. The van der Waals surface area contributed by atoms with E-state index in [1.807, 2.05) is 12.2 Å². The summed E-state index contributed by atoms with van der Waals surface area (Å²) in [5.41, 5.74) is 1.62. The number of carbonyl (C=O) groups excluding carboxylic acids is 4. The van der Waals surface area contributed by atoms with Gasteiger partial charge in [0.2, 0.25) is 0 Å². The summed E-state index contributed by atoms with van der Waals surface area (Å²) in [6, 6.07) is 15.7. The van der Waals surface area contributed by atoms with E-state index in [-0.39, 0.29) is 23.5 Å². The van der Waals surface area contributed by atoms with Gasteiger partial charge in [0.05, 0.1) is 18.4 Å². The number of nitrogens with one attached hydrogen (secondary N) is 2. The molecule has 0 aliphatic carbocycles. The van der Waals surface area contributed by atoms with E-state index in [2.05, 4.69) is 5.32 Å². The molecule has 2 aromatic carbocycles. The van der Waals surface area contributed by atoms with Crippen LogP contribution in [0.4, 0.5) is 4.79 Å². The molecule has 8 nitrogen and oxygen atoms in total. The summed E-state index contributed by atoms with van der Waals surface area (Å²) in [5.74, 6) is -1.48. The molecule has 3 amide bonds. The van der Waals surface area contributed by atoms with Gasteiger partial charge in [-0.1, -0.05) is 48.0 Å². The number of esters is 1. The monoisotopic (exact) mass is 420 g/mol. The standard InChI is InChI=1S/C23H20N2O6/c1-15-8-10-16(11-9-15)21(27)18-6-2-3-7-19(18)22(28)31-14-20(26)25-23(29)24-13-17-5-4-12-30-17/h2-12H,13-14H2,1H3,(H2,24,25,26,29). The molecule has 158 valence electrons. The van der Waals surface area contributed by atoms with Crippen molar-refractivity contribution in [2.24, 2.45) is 0 Å². The van der Waals surface area contributed by atoms with Crippen LogP contribution in [0.5, 0.6) is 0 Å². The Hall–Kier alpha value is -4.20. The summed E-state index contributed by atoms with van der Waals surface area (Å²) in [6.45, 7) is 1.32. The topological polar surface area (TPSA) is 115 Å². The van der Waals surface area contributed by atoms with Crippen molar-refractivity contribution >= 4 is 23.7 Å². The Kier molecular flexibility index (Phi) is 6.95. The lowest BCUT2D eigenvalue weighted by Crippen LogP contribution is -2.41. The van der Waals surface area contributed by atoms with E-state index >= 15 is 0 Å². The van der Waals surface area contributed by atoms with Crippen molar-refractivity contribution in [3.8, 4) is 0 Å². The van der Waals surface area contributed by atoms with Crippen molar-refractivity contribution in [3.63, 3.8) is 0 Å². The Labute approximate surface area is 178 Å². The van der Waals surface area contributed by atoms with Crippen LogP contribution in [0.1, 0.15) is 37.6 Å². The van der Waals surface area contributed by atoms with Gasteiger partial charge in [-0.25, -0.2) is 9.59 Å². The highest BCUT2D eigenvalue weighted by molar-refractivity contribution is 6.14. The van der Waals surface area contributed by atoms with Crippen molar-refractivity contribution in [1.82, 2.24) is 10.6 Å². The number of hydrogen-bond acceptors (Lipinski definition) is 6. The van der Waals surface area contributed by atoms with Crippen molar-refractivity contribution in [2.45, 2.75) is 13.5 Å². The van der Waals surface area contributed by atoms with Crippen LogP contribution >= 0.6 is 0 Å². The van der Waals surface area contributed by atoms with Crippen LogP contribution in [0, 0.1) is 6.92 Å². The van der Waals surface area contributed by atoms with E-state index in [1.165, 1.54) is 18.4 Å². The number of rotatable bonds is 7. The third-order valence-electron chi connectivity index (χ3n) is 4.30. The van der Waals surface area contributed by atoms with Gasteiger partial charge < -0.3 is 14.5 Å². The number of ketones is 1. The first kappa shape index (κ1) is 21.5. The number of ether oxygens (including phenoxy) is 1. The number of amides is 3. The van der Waals surface area contributed by atoms with Gasteiger partial charge in [-0.05, 0) is 25.1 Å². The Balaban J connectivity index is 1.56. The molecule has 3 rings (SSSR count). The third-order valence-corrected chi connectivity index (χ3v) is 4.30. The summed E-state index contributed by atoms with van der Waals surface area (Å²) in [4.78, 5) is 48.8. The normalized spacial score (nSPS) is 10.2. The molecule has 0 aliphatic rings. The summed E-state index contributed by atoms with van der Waals surface area (Å²) in [6.07, 6.45) is 1.46. The van der Waals surface area contributed by atoms with E-state index in [0.29, 0.717) is 11.3 Å². The Morgan fingerprint density at radius 1 is 0.903 bits per heavy atom. The summed E-state index contributed by atoms with van der Waals surface area (Å²) < 4.78 is 10.0. The molecule has 2 N–H and O–H groups in total. The average Bonchev–Trinajstić information content (AvgIpc) is 3.30. The third kappa shape index (κ3) is 5.89. The fourth-order valence-electron chi connectivity index (χ4n) is 2.72. The molecule has 0 aliphatic heterocycles. The second kappa shape index (κ2) is 10.0. The first-order valence-corrected chi connectivity index (χ1v) is 9.41. The van der Waals surface area contributed by atoms with Crippen molar-refractivity contribution in [3.05, 3.63) is 94.9 Å². The van der Waals surface area contributed by atoms with Crippen molar-refractivity contribution in [1.29, 1.82) is 0 Å². The van der Waals surface area contributed by atoms with Crippen molar-refractivity contribution < 1.29 is 28.3 Å². The maximum atomic E-state index is 12.8. The van der Waals surface area contributed by atoms with Crippen LogP contribution in [0.25, 0.3) is 0 Å². The van der Waals surface area contributed by atoms with Crippen LogP contribution in [0.15, 0.2) is 71.3 Å². The van der Waals surface area contributed by atoms with Crippen LogP contribution in [-0.4, -0.2) is 30.3 Å². The molecule has 0 radical (unpaired) electrons. The molecule has 0 unspecified atom stereocenters. The minimum absolute atomic E-state index is 0.0307. The van der Waals surface area contributed by atoms with Crippen LogP contribution in [-0.2, 0) is 16.1 Å². The van der Waals surface area contributed by atoms with Gasteiger partial charge in [0.15, 0.2) is 12.4 Å². The van der Waals surface area contributed by atoms with Gasteiger partial charge in [0.1, 0.15) is 5.76 Å². The molecule has 1 heterocycles. The zero-order valence-electron chi connectivity index (χ0n) is 16.7. The molecule has 1 aromatic heterocycles. The number of furan rings is 1. The van der Waals surface area contributed by atoms with Crippen LogP contribution in [0.3, 0.4) is 0 Å². The van der Waals surface area contributed by atoms with E-state index in [0.717, 1.165) is 5.56 Å². The summed E-state index contributed by atoms with van der Waals surface area (Å²) >= 11 is 0. The lowest BCUT2D eigenvalue weighted by molar-refractivity contribution is -0.123. The van der Waals surface area contributed by atoms with Crippen molar-refractivity contribution in [2.75, 3.05) is 6.61 Å². The molecule has 0 bridgehead atoms. The molecule has 31 heavy (non-hydrogen) atoms. The molecule has 0 fully saturated rings. The fraction of sp³-hybridized carbons (Fsp3) is 0.130. The highest BCUT2D eigenvalue weighted by Crippen LogP contribution is 2.16. The summed E-state index contributed by atoms with van der Waals surface area (Å²) in [5, 5.41) is 4.47. The second-order valence-corrected chi connectivity index (χ2v) is 6.63. The Bertz CT molecular complexity index is 1090.